The van der Waals surface area contributed by atoms with E-state index < -0.39 is 0 Å². The van der Waals surface area contributed by atoms with Crippen LogP contribution in [0.1, 0.15) is 23.6 Å². The largest absolute Gasteiger partial charge is 0.257 e. The molecule has 1 aliphatic heterocycles. The van der Waals surface area contributed by atoms with Gasteiger partial charge in [-0.3, -0.25) is 5.01 Å². The Morgan fingerprint density at radius 2 is 1.56 bits per heavy atom. The number of hydrogen-bond donors (Lipinski definition) is 0. The third-order valence-corrected chi connectivity index (χ3v) is 4.89. The molecule has 4 rings (SSSR count). The minimum Gasteiger partial charge on any atom is -0.257 e. The summed E-state index contributed by atoms with van der Waals surface area (Å²) in [5.41, 5.74) is 4.18. The average molecular weight is 395 g/mol. The van der Waals surface area contributed by atoms with Crippen LogP contribution in [0.5, 0.6) is 0 Å². The van der Waals surface area contributed by atoms with Crippen molar-refractivity contribution < 1.29 is 4.39 Å². The summed E-state index contributed by atoms with van der Waals surface area (Å²) >= 11 is 3.48. The zero-order chi connectivity index (χ0) is 17.2. The smallest absolute Gasteiger partial charge is 0.123 e. The van der Waals surface area contributed by atoms with E-state index >= 15 is 0 Å². The second-order valence-corrected chi connectivity index (χ2v) is 6.92. The molecule has 0 saturated carbocycles. The molecule has 0 fully saturated rings. The Kier molecular flexibility index (Phi) is 4.36. The van der Waals surface area contributed by atoms with Gasteiger partial charge >= 0.3 is 0 Å². The summed E-state index contributed by atoms with van der Waals surface area (Å²) < 4.78 is 14.3. The fourth-order valence-electron chi connectivity index (χ4n) is 3.09. The molecule has 0 radical (unpaired) electrons. The van der Waals surface area contributed by atoms with Crippen LogP contribution < -0.4 is 5.01 Å². The van der Waals surface area contributed by atoms with Gasteiger partial charge in [-0.2, -0.15) is 5.10 Å². The molecule has 4 heteroatoms. The summed E-state index contributed by atoms with van der Waals surface area (Å²) in [5, 5.41) is 6.91. The number of hydrazone groups is 1. The van der Waals surface area contributed by atoms with Crippen molar-refractivity contribution in [1.82, 2.24) is 0 Å². The van der Waals surface area contributed by atoms with Crippen molar-refractivity contribution in [2.45, 2.75) is 12.5 Å². The van der Waals surface area contributed by atoms with Crippen LogP contribution in [0.25, 0.3) is 0 Å². The summed E-state index contributed by atoms with van der Waals surface area (Å²) in [4.78, 5) is 0. The first-order valence-corrected chi connectivity index (χ1v) is 8.93. The average Bonchev–Trinajstić information content (AvgIpc) is 3.09. The van der Waals surface area contributed by atoms with Crippen LogP contribution in [-0.4, -0.2) is 5.71 Å². The molecule has 1 heterocycles. The first-order chi connectivity index (χ1) is 12.2. The van der Waals surface area contributed by atoms with E-state index in [1.807, 2.05) is 30.3 Å². The van der Waals surface area contributed by atoms with E-state index in [1.165, 1.54) is 17.7 Å². The molecule has 0 amide bonds. The first-order valence-electron chi connectivity index (χ1n) is 8.14. The molecule has 0 N–H and O–H groups in total. The van der Waals surface area contributed by atoms with Gasteiger partial charge in [0.2, 0.25) is 0 Å². The van der Waals surface area contributed by atoms with E-state index in [-0.39, 0.29) is 11.9 Å². The van der Waals surface area contributed by atoms with Crippen molar-refractivity contribution in [3.63, 3.8) is 0 Å². The number of nitrogens with zero attached hydrogens (tertiary/aromatic N) is 2. The van der Waals surface area contributed by atoms with E-state index in [0.717, 1.165) is 27.9 Å². The van der Waals surface area contributed by atoms with E-state index in [2.05, 4.69) is 45.2 Å². The van der Waals surface area contributed by atoms with Gasteiger partial charge < -0.3 is 0 Å². The maximum absolute atomic E-state index is 13.2. The molecule has 0 bridgehead atoms. The Balaban J connectivity index is 1.74. The molecule has 1 aliphatic rings. The number of halogens is 2. The van der Waals surface area contributed by atoms with Crippen molar-refractivity contribution in [3.8, 4) is 0 Å². The number of hydrogen-bond acceptors (Lipinski definition) is 2. The Morgan fingerprint density at radius 1 is 0.880 bits per heavy atom. The lowest BCUT2D eigenvalue weighted by atomic mass is 9.98. The lowest BCUT2D eigenvalue weighted by molar-refractivity contribution is 0.627. The number of rotatable bonds is 3. The Labute approximate surface area is 154 Å². The van der Waals surface area contributed by atoms with Gasteiger partial charge in [0.15, 0.2) is 0 Å². The molecule has 3 aromatic carbocycles. The molecule has 1 atom stereocenters. The molecule has 0 aromatic heterocycles. The van der Waals surface area contributed by atoms with Crippen LogP contribution >= 0.6 is 15.9 Å². The predicted octanol–water partition coefficient (Wildman–Crippen LogP) is 5.94. The maximum Gasteiger partial charge on any atom is 0.123 e. The fourth-order valence-corrected chi connectivity index (χ4v) is 3.36. The minimum atomic E-state index is -0.230. The Hall–Kier alpha value is -2.46. The lowest BCUT2D eigenvalue weighted by Gasteiger charge is -2.24. The highest BCUT2D eigenvalue weighted by molar-refractivity contribution is 9.10. The van der Waals surface area contributed by atoms with Gasteiger partial charge in [0.25, 0.3) is 0 Å². The zero-order valence-electron chi connectivity index (χ0n) is 13.4. The number of benzene rings is 3. The third kappa shape index (κ3) is 3.35. The van der Waals surface area contributed by atoms with Crippen molar-refractivity contribution in [3.05, 3.63) is 100 Å². The van der Waals surface area contributed by atoms with Gasteiger partial charge in [0, 0.05) is 10.9 Å². The fraction of sp³-hybridized carbons (Fsp3) is 0.0952. The molecule has 0 unspecified atom stereocenters. The normalized spacial score (nSPS) is 16.8. The molecule has 3 aromatic rings. The Bertz CT molecular complexity index is 889. The third-order valence-electron chi connectivity index (χ3n) is 4.36. The highest BCUT2D eigenvalue weighted by atomic mass is 79.9. The summed E-state index contributed by atoms with van der Waals surface area (Å²) in [6.07, 6.45) is 0.783. The molecular formula is C21H16BrFN2. The van der Waals surface area contributed by atoms with E-state index in [0.29, 0.717) is 0 Å². The highest BCUT2D eigenvalue weighted by Gasteiger charge is 2.29. The van der Waals surface area contributed by atoms with Crippen molar-refractivity contribution >= 4 is 27.3 Å². The van der Waals surface area contributed by atoms with Crippen molar-refractivity contribution in [1.29, 1.82) is 0 Å². The summed E-state index contributed by atoms with van der Waals surface area (Å²) in [7, 11) is 0. The van der Waals surface area contributed by atoms with E-state index in [4.69, 9.17) is 5.10 Å². The number of anilines is 1. The Morgan fingerprint density at radius 3 is 2.24 bits per heavy atom. The van der Waals surface area contributed by atoms with Crippen LogP contribution in [0.2, 0.25) is 0 Å². The van der Waals surface area contributed by atoms with Gasteiger partial charge in [0.1, 0.15) is 5.82 Å². The van der Waals surface area contributed by atoms with Crippen LogP contribution in [-0.2, 0) is 0 Å². The molecular weight excluding hydrogens is 379 g/mol. The lowest BCUT2D eigenvalue weighted by Crippen LogP contribution is -2.18. The highest BCUT2D eigenvalue weighted by Crippen LogP contribution is 2.36. The summed E-state index contributed by atoms with van der Waals surface area (Å²) in [5.74, 6) is -0.230. The van der Waals surface area contributed by atoms with Crippen molar-refractivity contribution in [2.75, 3.05) is 5.01 Å². The standard InChI is InChI=1S/C21H16BrFN2/c22-17-8-12-19(13-9-17)25-21(16-4-2-1-3-5-16)14-20(24-25)15-6-10-18(23)11-7-15/h1-13,21H,14H2/t21-/m0/s1. The topological polar surface area (TPSA) is 15.6 Å². The predicted molar refractivity (Wildman–Crippen MR) is 103 cm³/mol. The van der Waals surface area contributed by atoms with Crippen LogP contribution in [0.15, 0.2) is 88.4 Å². The summed E-state index contributed by atoms with van der Waals surface area (Å²) in [6.45, 7) is 0. The molecule has 25 heavy (non-hydrogen) atoms. The van der Waals surface area contributed by atoms with Gasteiger partial charge in [-0.1, -0.05) is 58.4 Å². The van der Waals surface area contributed by atoms with Crippen LogP contribution in [0.4, 0.5) is 10.1 Å². The van der Waals surface area contributed by atoms with E-state index in [1.54, 1.807) is 12.1 Å². The molecule has 124 valence electrons. The second kappa shape index (κ2) is 6.81. The van der Waals surface area contributed by atoms with Gasteiger partial charge in [-0.05, 0) is 47.5 Å². The monoisotopic (exact) mass is 394 g/mol. The van der Waals surface area contributed by atoms with Gasteiger partial charge in [-0.15, -0.1) is 0 Å². The SMILES string of the molecule is Fc1ccc(C2=NN(c3ccc(Br)cc3)[C@H](c3ccccc3)C2)cc1. The van der Waals surface area contributed by atoms with Gasteiger partial charge in [0.05, 0.1) is 17.4 Å². The molecule has 0 saturated heterocycles. The maximum atomic E-state index is 13.2. The van der Waals surface area contributed by atoms with Gasteiger partial charge in [-0.25, -0.2) is 4.39 Å². The molecule has 0 spiro atoms. The minimum absolute atomic E-state index is 0.127. The van der Waals surface area contributed by atoms with Crippen molar-refractivity contribution in [2.24, 2.45) is 5.10 Å². The zero-order valence-corrected chi connectivity index (χ0v) is 15.0. The van der Waals surface area contributed by atoms with E-state index in [9.17, 15) is 4.39 Å². The summed E-state index contributed by atoms with van der Waals surface area (Å²) in [6, 6.07) is 25.2. The molecule has 2 nitrogen and oxygen atoms in total. The first kappa shape index (κ1) is 16.0. The molecule has 0 aliphatic carbocycles. The quantitative estimate of drug-likeness (QED) is 0.536. The van der Waals surface area contributed by atoms with Crippen LogP contribution in [0.3, 0.4) is 0 Å². The van der Waals surface area contributed by atoms with Crippen LogP contribution in [0, 0.1) is 5.82 Å². The second-order valence-electron chi connectivity index (χ2n) is 6.01.